The highest BCUT2D eigenvalue weighted by molar-refractivity contribution is 5.66. The van der Waals surface area contributed by atoms with Crippen molar-refractivity contribution < 1.29 is 30.0 Å². The predicted molar refractivity (Wildman–Crippen MR) is 167 cm³/mol. The van der Waals surface area contributed by atoms with Crippen molar-refractivity contribution in [3.63, 3.8) is 0 Å². The summed E-state index contributed by atoms with van der Waals surface area (Å²) in [4.78, 5) is 20.6. The Kier molecular flexibility index (Phi) is 21.9. The first-order chi connectivity index (χ1) is 19.2. The van der Waals surface area contributed by atoms with E-state index in [2.05, 4.69) is 48.0 Å². The van der Waals surface area contributed by atoms with Crippen LogP contribution in [-0.2, 0) is 9.59 Å². The second-order valence-electron chi connectivity index (χ2n) is 10.7. The predicted octanol–water partition coefficient (Wildman–Crippen LogP) is 6.94. The Bertz CT molecular complexity index is 900. The first-order valence-electron chi connectivity index (χ1n) is 14.6. The summed E-state index contributed by atoms with van der Waals surface area (Å²) < 4.78 is 0. The largest absolute Gasteiger partial charge is 0.481 e. The van der Waals surface area contributed by atoms with Crippen molar-refractivity contribution in [2.75, 3.05) is 0 Å². The summed E-state index contributed by atoms with van der Waals surface area (Å²) in [5.41, 5.74) is 0. The van der Waals surface area contributed by atoms with Gasteiger partial charge in [-0.2, -0.15) is 0 Å². The molecule has 6 atom stereocenters. The van der Waals surface area contributed by atoms with E-state index in [9.17, 15) is 9.59 Å². The van der Waals surface area contributed by atoms with Crippen LogP contribution in [0.2, 0.25) is 0 Å². The molecule has 2 aliphatic carbocycles. The monoisotopic (exact) mass is 568 g/mol. The van der Waals surface area contributed by atoms with Crippen LogP contribution in [0.4, 0.5) is 0 Å². The third-order valence-electron chi connectivity index (χ3n) is 6.72. The third-order valence-corrected chi connectivity index (χ3v) is 6.72. The number of aliphatic hydroxyl groups is 2. The molecule has 0 saturated heterocycles. The van der Waals surface area contributed by atoms with Gasteiger partial charge in [0.15, 0.2) is 0 Å². The standard InChI is InChI=1S/2C17H24O3.CH4/c2*1-14(18)9-5-4-7-11-16-13-15(16)10-6-2-3-8-12-17(19)20;/h2*2,5-6,9,14-16,18H,3,8,10-13H2,1H3,(H,19,20);1H4/b2*6-2-,9-5+;/t2*14?,15-,16-;/m00./s1. The molecule has 0 aromatic heterocycles. The average Bonchev–Trinajstić information content (AvgIpc) is 3.80. The van der Waals surface area contributed by atoms with Gasteiger partial charge in [0.05, 0.1) is 12.2 Å². The summed E-state index contributed by atoms with van der Waals surface area (Å²) in [6, 6.07) is 0. The van der Waals surface area contributed by atoms with Gasteiger partial charge in [0.25, 0.3) is 0 Å². The van der Waals surface area contributed by atoms with Crippen molar-refractivity contribution in [1.29, 1.82) is 0 Å². The Balaban J connectivity index is 0.000000762. The molecule has 0 amide bonds. The smallest absolute Gasteiger partial charge is 0.303 e. The van der Waals surface area contributed by atoms with Gasteiger partial charge in [-0.1, -0.05) is 55.4 Å². The lowest BCUT2D eigenvalue weighted by Crippen LogP contribution is -1.92. The van der Waals surface area contributed by atoms with Gasteiger partial charge in [-0.15, -0.1) is 0 Å². The van der Waals surface area contributed by atoms with Gasteiger partial charge in [0, 0.05) is 25.7 Å². The molecule has 0 radical (unpaired) electrons. The second kappa shape index (κ2) is 23.6. The highest BCUT2D eigenvalue weighted by atomic mass is 16.4. The van der Waals surface area contributed by atoms with E-state index < -0.39 is 24.1 Å². The molecule has 2 saturated carbocycles. The molecule has 6 heteroatoms. The van der Waals surface area contributed by atoms with Crippen LogP contribution >= 0.6 is 0 Å². The minimum Gasteiger partial charge on any atom is -0.481 e. The zero-order valence-corrected chi connectivity index (χ0v) is 24.2. The van der Waals surface area contributed by atoms with Gasteiger partial charge in [-0.25, -0.2) is 0 Å². The van der Waals surface area contributed by atoms with Crippen LogP contribution in [0.1, 0.15) is 98.3 Å². The van der Waals surface area contributed by atoms with Crippen molar-refractivity contribution in [2.24, 2.45) is 23.7 Å². The van der Waals surface area contributed by atoms with Crippen LogP contribution in [-0.4, -0.2) is 44.6 Å². The molecule has 0 aliphatic heterocycles. The maximum absolute atomic E-state index is 10.3. The lowest BCUT2D eigenvalue weighted by atomic mass is 10.1. The molecule has 228 valence electrons. The van der Waals surface area contributed by atoms with Gasteiger partial charge in [-0.3, -0.25) is 9.59 Å². The van der Waals surface area contributed by atoms with E-state index in [1.165, 1.54) is 12.8 Å². The van der Waals surface area contributed by atoms with E-state index >= 15 is 0 Å². The number of rotatable bonds is 16. The zero-order chi connectivity index (χ0) is 29.6. The van der Waals surface area contributed by atoms with Crippen LogP contribution in [0.5, 0.6) is 0 Å². The fraction of sp³-hybridized carbons (Fsp3) is 0.600. The molecule has 0 bridgehead atoms. The van der Waals surface area contributed by atoms with Crippen molar-refractivity contribution >= 4 is 11.9 Å². The SMILES string of the molecule is C.CC(O)/C=C/C#CC[C@H]1C[C@@H]1C/C=C\CCCC(=O)O.CC(O)/C=C/C#CC[C@H]1C[C@@H]1C/C=C\CCCC(=O)O. The number of carbonyl (C=O) groups is 2. The molecule has 0 aromatic carbocycles. The van der Waals surface area contributed by atoms with Gasteiger partial charge >= 0.3 is 11.9 Å². The number of hydrogen-bond acceptors (Lipinski definition) is 4. The van der Waals surface area contributed by atoms with Crippen LogP contribution in [0, 0.1) is 47.4 Å². The Morgan fingerprint density at radius 2 is 1.10 bits per heavy atom. The Hall–Kier alpha value is -3.06. The van der Waals surface area contributed by atoms with E-state index in [1.807, 2.05) is 0 Å². The second-order valence-corrected chi connectivity index (χ2v) is 10.7. The minimum absolute atomic E-state index is 0. The average molecular weight is 569 g/mol. The zero-order valence-electron chi connectivity index (χ0n) is 24.2. The summed E-state index contributed by atoms with van der Waals surface area (Å²) >= 11 is 0. The van der Waals surface area contributed by atoms with E-state index in [0.717, 1.165) is 63.2 Å². The van der Waals surface area contributed by atoms with Crippen LogP contribution < -0.4 is 0 Å². The Morgan fingerprint density at radius 1 is 0.707 bits per heavy atom. The summed E-state index contributed by atoms with van der Waals surface area (Å²) in [6.45, 7) is 3.41. The highest BCUT2D eigenvalue weighted by Crippen LogP contribution is 2.44. The lowest BCUT2D eigenvalue weighted by Gasteiger charge is -1.92. The van der Waals surface area contributed by atoms with Crippen LogP contribution in [0.15, 0.2) is 48.6 Å². The topological polar surface area (TPSA) is 115 Å². The van der Waals surface area contributed by atoms with Crippen molar-refractivity contribution in [1.82, 2.24) is 0 Å². The number of unbranched alkanes of at least 4 members (excludes halogenated alkanes) is 2. The first-order valence-corrected chi connectivity index (χ1v) is 14.6. The summed E-state index contributed by atoms with van der Waals surface area (Å²) in [7, 11) is 0. The first kappa shape index (κ1) is 37.9. The van der Waals surface area contributed by atoms with E-state index in [4.69, 9.17) is 20.4 Å². The number of carboxylic acids is 2. The molecular weight excluding hydrogens is 516 g/mol. The molecule has 0 aromatic rings. The summed E-state index contributed by atoms with van der Waals surface area (Å²) in [5.74, 6) is 13.6. The molecule has 2 unspecified atom stereocenters. The number of allylic oxidation sites excluding steroid dienone is 6. The number of hydrogen-bond donors (Lipinski definition) is 4. The van der Waals surface area contributed by atoms with Crippen molar-refractivity contribution in [3.8, 4) is 23.7 Å². The molecule has 0 spiro atoms. The minimum atomic E-state index is -0.719. The molecular formula is C35H52O6. The van der Waals surface area contributed by atoms with Crippen molar-refractivity contribution in [3.05, 3.63) is 48.6 Å². The number of carboxylic acid groups (broad SMARTS) is 2. The van der Waals surface area contributed by atoms with Crippen LogP contribution in [0.25, 0.3) is 0 Å². The van der Waals surface area contributed by atoms with Crippen molar-refractivity contribution in [2.45, 2.75) is 111 Å². The van der Waals surface area contributed by atoms with E-state index in [-0.39, 0.29) is 20.3 Å². The van der Waals surface area contributed by atoms with Gasteiger partial charge < -0.3 is 20.4 Å². The Morgan fingerprint density at radius 3 is 1.44 bits per heavy atom. The molecule has 6 nitrogen and oxygen atoms in total. The quantitative estimate of drug-likeness (QED) is 0.0910. The van der Waals surface area contributed by atoms with E-state index in [0.29, 0.717) is 11.8 Å². The third kappa shape index (κ3) is 24.5. The van der Waals surface area contributed by atoms with Gasteiger partial charge in [0.2, 0.25) is 0 Å². The lowest BCUT2D eigenvalue weighted by molar-refractivity contribution is -0.138. The summed E-state index contributed by atoms with van der Waals surface area (Å²) in [6.07, 6.45) is 24.7. The number of aliphatic carboxylic acids is 2. The normalized spacial score (nSPS) is 22.1. The van der Waals surface area contributed by atoms with E-state index in [1.54, 1.807) is 38.2 Å². The maximum atomic E-state index is 10.3. The fourth-order valence-electron chi connectivity index (χ4n) is 4.09. The van der Waals surface area contributed by atoms with Gasteiger partial charge in [0.1, 0.15) is 0 Å². The Labute approximate surface area is 248 Å². The molecule has 2 rings (SSSR count). The summed E-state index contributed by atoms with van der Waals surface area (Å²) in [5, 5.41) is 35.0. The van der Waals surface area contributed by atoms with Crippen LogP contribution in [0.3, 0.4) is 0 Å². The molecule has 0 heterocycles. The van der Waals surface area contributed by atoms with Gasteiger partial charge in [-0.05, 0) is 113 Å². The highest BCUT2D eigenvalue weighted by Gasteiger charge is 2.35. The number of aliphatic hydroxyl groups excluding tert-OH is 2. The molecule has 2 fully saturated rings. The molecule has 4 N–H and O–H groups in total. The molecule has 41 heavy (non-hydrogen) atoms. The fourth-order valence-corrected chi connectivity index (χ4v) is 4.09. The molecule has 2 aliphatic rings. The maximum Gasteiger partial charge on any atom is 0.303 e.